The SMILES string of the molecule is CN(CCCO)Cc1ccc2c(c1)-c1n[nH]c(=O)c3cccc(c13)O2. The fraction of sp³-hybridized carbons (Fsp3) is 0.263. The molecule has 1 aliphatic heterocycles. The van der Waals surface area contributed by atoms with E-state index in [1.807, 2.05) is 31.3 Å². The molecule has 1 aliphatic rings. The van der Waals surface area contributed by atoms with Gasteiger partial charge in [0.05, 0.1) is 10.8 Å². The Labute approximate surface area is 144 Å². The smallest absolute Gasteiger partial charge is 0.272 e. The summed E-state index contributed by atoms with van der Waals surface area (Å²) >= 11 is 0. The molecule has 0 radical (unpaired) electrons. The molecule has 128 valence electrons. The molecule has 0 saturated heterocycles. The summed E-state index contributed by atoms with van der Waals surface area (Å²) in [5.74, 6) is 1.40. The van der Waals surface area contributed by atoms with Gasteiger partial charge in [0.25, 0.3) is 5.56 Å². The van der Waals surface area contributed by atoms with Crippen LogP contribution in [-0.2, 0) is 6.54 Å². The summed E-state index contributed by atoms with van der Waals surface area (Å²) in [5, 5.41) is 17.2. The van der Waals surface area contributed by atoms with E-state index in [4.69, 9.17) is 9.84 Å². The van der Waals surface area contributed by atoms with Gasteiger partial charge in [-0.3, -0.25) is 4.79 Å². The predicted molar refractivity (Wildman–Crippen MR) is 95.9 cm³/mol. The van der Waals surface area contributed by atoms with Crippen LogP contribution in [0.25, 0.3) is 22.0 Å². The van der Waals surface area contributed by atoms with Crippen molar-refractivity contribution in [2.24, 2.45) is 0 Å². The second-order valence-electron chi connectivity index (χ2n) is 6.33. The van der Waals surface area contributed by atoms with Crippen molar-refractivity contribution in [2.45, 2.75) is 13.0 Å². The molecule has 0 aliphatic carbocycles. The fourth-order valence-corrected chi connectivity index (χ4v) is 3.27. The average molecular weight is 337 g/mol. The largest absolute Gasteiger partial charge is 0.456 e. The van der Waals surface area contributed by atoms with E-state index in [0.717, 1.165) is 47.5 Å². The van der Waals surface area contributed by atoms with Crippen molar-refractivity contribution in [3.05, 3.63) is 52.3 Å². The number of nitrogens with one attached hydrogen (secondary N) is 1. The van der Waals surface area contributed by atoms with Crippen LogP contribution in [0, 0.1) is 0 Å². The lowest BCUT2D eigenvalue weighted by atomic mass is 9.99. The number of H-pyrrole nitrogens is 1. The van der Waals surface area contributed by atoms with Gasteiger partial charge in [-0.2, -0.15) is 5.10 Å². The van der Waals surface area contributed by atoms with Crippen molar-refractivity contribution < 1.29 is 9.84 Å². The average Bonchev–Trinajstić information content (AvgIpc) is 2.62. The van der Waals surface area contributed by atoms with Crippen LogP contribution in [-0.4, -0.2) is 40.4 Å². The third-order valence-electron chi connectivity index (χ3n) is 4.45. The van der Waals surface area contributed by atoms with Gasteiger partial charge < -0.3 is 14.7 Å². The lowest BCUT2D eigenvalue weighted by Gasteiger charge is -2.21. The number of rotatable bonds is 5. The van der Waals surface area contributed by atoms with Gasteiger partial charge in [0.1, 0.15) is 17.2 Å². The molecular weight excluding hydrogens is 318 g/mol. The number of benzene rings is 2. The molecule has 0 atom stereocenters. The second kappa shape index (κ2) is 6.31. The Morgan fingerprint density at radius 1 is 1.24 bits per heavy atom. The fourth-order valence-electron chi connectivity index (χ4n) is 3.27. The van der Waals surface area contributed by atoms with Gasteiger partial charge in [0, 0.05) is 25.3 Å². The van der Waals surface area contributed by atoms with E-state index in [-0.39, 0.29) is 12.2 Å². The highest BCUT2D eigenvalue weighted by Crippen LogP contribution is 2.44. The maximum atomic E-state index is 12.0. The number of fused-ring (bicyclic) bond motifs is 2. The molecule has 2 heterocycles. The zero-order valence-corrected chi connectivity index (χ0v) is 14.0. The number of hydrogen-bond donors (Lipinski definition) is 2. The lowest BCUT2D eigenvalue weighted by Crippen LogP contribution is -2.20. The maximum absolute atomic E-state index is 12.0. The van der Waals surface area contributed by atoms with E-state index in [2.05, 4.69) is 21.2 Å². The van der Waals surface area contributed by atoms with Gasteiger partial charge in [-0.05, 0) is 43.3 Å². The number of ether oxygens (including phenoxy) is 1. The van der Waals surface area contributed by atoms with Crippen LogP contribution in [0.2, 0.25) is 0 Å². The molecule has 0 spiro atoms. The van der Waals surface area contributed by atoms with Crippen LogP contribution in [0.15, 0.2) is 41.2 Å². The molecule has 6 nitrogen and oxygen atoms in total. The first kappa shape index (κ1) is 15.8. The Bertz CT molecular complexity index is 997. The number of hydrogen-bond acceptors (Lipinski definition) is 5. The monoisotopic (exact) mass is 337 g/mol. The number of aromatic nitrogens is 2. The van der Waals surface area contributed by atoms with Crippen LogP contribution in [0.4, 0.5) is 0 Å². The molecule has 3 aromatic rings. The molecule has 2 N–H and O–H groups in total. The van der Waals surface area contributed by atoms with E-state index < -0.39 is 0 Å². The number of nitrogens with zero attached hydrogens (tertiary/aromatic N) is 2. The minimum atomic E-state index is -0.215. The molecule has 25 heavy (non-hydrogen) atoms. The highest BCUT2D eigenvalue weighted by Gasteiger charge is 2.23. The summed E-state index contributed by atoms with van der Waals surface area (Å²) in [6.45, 7) is 1.79. The van der Waals surface area contributed by atoms with E-state index >= 15 is 0 Å². The Morgan fingerprint density at radius 2 is 2.12 bits per heavy atom. The van der Waals surface area contributed by atoms with E-state index in [1.54, 1.807) is 6.07 Å². The van der Waals surface area contributed by atoms with E-state index in [0.29, 0.717) is 11.1 Å². The Morgan fingerprint density at radius 3 is 2.96 bits per heavy atom. The first-order chi connectivity index (χ1) is 12.2. The summed E-state index contributed by atoms with van der Waals surface area (Å²) in [6, 6.07) is 11.5. The number of aromatic amines is 1. The van der Waals surface area contributed by atoms with Crippen LogP contribution >= 0.6 is 0 Å². The molecule has 0 amide bonds. The van der Waals surface area contributed by atoms with Crippen molar-refractivity contribution in [1.29, 1.82) is 0 Å². The Kier molecular flexibility index (Phi) is 3.99. The quantitative estimate of drug-likeness (QED) is 0.585. The standard InChI is InChI=1S/C19H19N3O3/c1-22(8-3-9-23)11-12-6-7-15-14(10-12)18-17-13(19(24)21-20-18)4-2-5-16(17)25-15/h2,4-7,10,23H,3,8-9,11H2,1H3,(H,21,24). The maximum Gasteiger partial charge on any atom is 0.272 e. The molecule has 0 fully saturated rings. The summed E-state index contributed by atoms with van der Waals surface area (Å²) in [4.78, 5) is 14.2. The van der Waals surface area contributed by atoms with Gasteiger partial charge in [0.15, 0.2) is 0 Å². The van der Waals surface area contributed by atoms with Crippen molar-refractivity contribution in [3.63, 3.8) is 0 Å². The molecule has 0 saturated carbocycles. The molecule has 6 heteroatoms. The molecule has 0 bridgehead atoms. The highest BCUT2D eigenvalue weighted by atomic mass is 16.5. The minimum absolute atomic E-state index is 0.193. The molecule has 1 aromatic heterocycles. The first-order valence-corrected chi connectivity index (χ1v) is 8.29. The second-order valence-corrected chi connectivity index (χ2v) is 6.33. The van der Waals surface area contributed by atoms with Gasteiger partial charge in [-0.25, -0.2) is 5.10 Å². The highest BCUT2D eigenvalue weighted by molar-refractivity contribution is 6.01. The Balaban J connectivity index is 1.78. The summed E-state index contributed by atoms with van der Waals surface area (Å²) in [7, 11) is 2.03. The number of aliphatic hydroxyl groups excluding tert-OH is 1. The summed E-state index contributed by atoms with van der Waals surface area (Å²) in [6.07, 6.45) is 0.750. The lowest BCUT2D eigenvalue weighted by molar-refractivity contribution is 0.244. The van der Waals surface area contributed by atoms with Crippen LogP contribution < -0.4 is 10.3 Å². The third-order valence-corrected chi connectivity index (χ3v) is 4.45. The third kappa shape index (κ3) is 2.79. The Hall–Kier alpha value is -2.70. The zero-order chi connectivity index (χ0) is 17.4. The van der Waals surface area contributed by atoms with Crippen molar-refractivity contribution >= 4 is 10.8 Å². The van der Waals surface area contributed by atoms with Crippen molar-refractivity contribution in [2.75, 3.05) is 20.2 Å². The number of aliphatic hydroxyl groups is 1. The molecule has 0 unspecified atom stereocenters. The van der Waals surface area contributed by atoms with E-state index in [1.165, 1.54) is 0 Å². The first-order valence-electron chi connectivity index (χ1n) is 8.29. The normalized spacial score (nSPS) is 12.3. The topological polar surface area (TPSA) is 78.5 Å². The van der Waals surface area contributed by atoms with Crippen molar-refractivity contribution in [3.8, 4) is 22.8 Å². The van der Waals surface area contributed by atoms with Crippen LogP contribution in [0.1, 0.15) is 12.0 Å². The van der Waals surface area contributed by atoms with Gasteiger partial charge >= 0.3 is 0 Å². The van der Waals surface area contributed by atoms with Gasteiger partial charge in [-0.15, -0.1) is 0 Å². The molecule has 2 aromatic carbocycles. The molecular formula is C19H19N3O3. The van der Waals surface area contributed by atoms with Gasteiger partial charge in [-0.1, -0.05) is 12.1 Å². The van der Waals surface area contributed by atoms with Crippen LogP contribution in [0.5, 0.6) is 11.5 Å². The van der Waals surface area contributed by atoms with Crippen LogP contribution in [0.3, 0.4) is 0 Å². The van der Waals surface area contributed by atoms with Crippen molar-refractivity contribution in [1.82, 2.24) is 15.1 Å². The minimum Gasteiger partial charge on any atom is -0.456 e. The summed E-state index contributed by atoms with van der Waals surface area (Å²) in [5.41, 5.74) is 2.54. The predicted octanol–water partition coefficient (Wildman–Crippen LogP) is 2.51. The van der Waals surface area contributed by atoms with E-state index in [9.17, 15) is 4.79 Å². The molecule has 4 rings (SSSR count). The zero-order valence-electron chi connectivity index (χ0n) is 14.0. The van der Waals surface area contributed by atoms with Gasteiger partial charge in [0.2, 0.25) is 0 Å². The summed E-state index contributed by atoms with van der Waals surface area (Å²) < 4.78 is 5.99.